The van der Waals surface area contributed by atoms with Crippen LogP contribution in [0.2, 0.25) is 0 Å². The van der Waals surface area contributed by atoms with Crippen molar-refractivity contribution >= 4 is 21.4 Å². The Morgan fingerprint density at radius 2 is 1.75 bits per heavy atom. The zero-order valence-corrected chi connectivity index (χ0v) is 12.0. The van der Waals surface area contributed by atoms with E-state index in [4.69, 9.17) is 5.84 Å². The number of aromatic nitrogens is 1. The molecule has 0 fully saturated rings. The van der Waals surface area contributed by atoms with Crippen LogP contribution in [-0.4, -0.2) is 13.4 Å². The van der Waals surface area contributed by atoms with Crippen LogP contribution in [0.4, 0.5) is 11.4 Å². The molecule has 0 aliphatic carbocycles. The molecule has 106 valence electrons. The predicted molar refractivity (Wildman–Crippen MR) is 78.8 cm³/mol. The molecule has 0 radical (unpaired) electrons. The van der Waals surface area contributed by atoms with Crippen LogP contribution in [0, 0.1) is 13.8 Å². The summed E-state index contributed by atoms with van der Waals surface area (Å²) in [5.74, 6) is 5.34. The van der Waals surface area contributed by atoms with Crippen LogP contribution >= 0.6 is 0 Å². The topological polar surface area (TPSA) is 97.1 Å². The van der Waals surface area contributed by atoms with Crippen molar-refractivity contribution in [3.05, 3.63) is 47.8 Å². The second kappa shape index (κ2) is 5.48. The van der Waals surface area contributed by atoms with Crippen LogP contribution in [0.1, 0.15) is 11.4 Å². The number of rotatable bonds is 4. The molecule has 7 heteroatoms. The van der Waals surface area contributed by atoms with E-state index in [1.54, 1.807) is 37.3 Å². The van der Waals surface area contributed by atoms with Gasteiger partial charge in [0.25, 0.3) is 10.0 Å². The van der Waals surface area contributed by atoms with Gasteiger partial charge >= 0.3 is 0 Å². The number of aryl methyl sites for hydroxylation is 2. The smallest absolute Gasteiger partial charge is 0.264 e. The summed E-state index contributed by atoms with van der Waals surface area (Å²) >= 11 is 0. The van der Waals surface area contributed by atoms with E-state index in [1.807, 2.05) is 6.92 Å². The highest BCUT2D eigenvalue weighted by molar-refractivity contribution is 7.92. The lowest BCUT2D eigenvalue weighted by Crippen LogP contribution is -2.18. The van der Waals surface area contributed by atoms with Crippen molar-refractivity contribution in [3.8, 4) is 0 Å². The van der Waals surface area contributed by atoms with Crippen LogP contribution in [-0.2, 0) is 10.0 Å². The summed E-state index contributed by atoms with van der Waals surface area (Å²) in [6.07, 6.45) is 0. The number of anilines is 2. The van der Waals surface area contributed by atoms with Crippen molar-refractivity contribution in [2.24, 2.45) is 5.84 Å². The SMILES string of the molecule is Cc1ccc(NS(=O)(=O)c2ccccc2NN)c(C)n1. The lowest BCUT2D eigenvalue weighted by atomic mass is 10.3. The largest absolute Gasteiger partial charge is 0.323 e. The molecule has 0 unspecified atom stereocenters. The highest BCUT2D eigenvalue weighted by Gasteiger charge is 2.19. The van der Waals surface area contributed by atoms with Crippen LogP contribution < -0.4 is 16.0 Å². The third kappa shape index (κ3) is 2.89. The van der Waals surface area contributed by atoms with Crippen LogP contribution in [0.15, 0.2) is 41.3 Å². The van der Waals surface area contributed by atoms with Gasteiger partial charge in [0.2, 0.25) is 0 Å². The molecule has 2 aromatic rings. The Morgan fingerprint density at radius 1 is 1.05 bits per heavy atom. The van der Waals surface area contributed by atoms with Gasteiger partial charge in [0.1, 0.15) is 4.90 Å². The molecule has 0 spiro atoms. The Kier molecular flexibility index (Phi) is 3.91. The summed E-state index contributed by atoms with van der Waals surface area (Å²) < 4.78 is 27.3. The monoisotopic (exact) mass is 292 g/mol. The van der Waals surface area contributed by atoms with E-state index in [1.165, 1.54) is 6.07 Å². The van der Waals surface area contributed by atoms with Crippen LogP contribution in [0.25, 0.3) is 0 Å². The van der Waals surface area contributed by atoms with Gasteiger partial charge in [0.05, 0.1) is 17.1 Å². The summed E-state index contributed by atoms with van der Waals surface area (Å²) in [5, 5.41) is 0. The third-order valence-corrected chi connectivity index (χ3v) is 4.23. The molecule has 0 saturated heterocycles. The molecule has 0 bridgehead atoms. The van der Waals surface area contributed by atoms with E-state index < -0.39 is 10.0 Å². The number of nitrogens with zero attached hydrogens (tertiary/aromatic N) is 1. The summed E-state index contributed by atoms with van der Waals surface area (Å²) in [7, 11) is -3.72. The number of hydrogen-bond acceptors (Lipinski definition) is 5. The van der Waals surface area contributed by atoms with Crippen LogP contribution in [0.5, 0.6) is 0 Å². The molecule has 1 heterocycles. The number of sulfonamides is 1. The molecule has 0 saturated carbocycles. The first kappa shape index (κ1) is 14.3. The first-order valence-corrected chi connectivity index (χ1v) is 7.45. The molecule has 20 heavy (non-hydrogen) atoms. The fourth-order valence-corrected chi connectivity index (χ4v) is 3.10. The van der Waals surface area contributed by atoms with Gasteiger partial charge in [-0.3, -0.25) is 15.5 Å². The minimum Gasteiger partial charge on any atom is -0.323 e. The number of hydrogen-bond donors (Lipinski definition) is 3. The van der Waals surface area contributed by atoms with Gasteiger partial charge in [-0.2, -0.15) is 0 Å². The number of hydrazine groups is 1. The Hall–Kier alpha value is -2.12. The van der Waals surface area contributed by atoms with Crippen molar-refractivity contribution in [1.29, 1.82) is 0 Å². The van der Waals surface area contributed by atoms with E-state index in [0.717, 1.165) is 5.69 Å². The summed E-state index contributed by atoms with van der Waals surface area (Å²) in [6, 6.07) is 9.84. The van der Waals surface area contributed by atoms with E-state index in [-0.39, 0.29) is 4.90 Å². The number of nitrogens with two attached hydrogens (primary N) is 1. The van der Waals surface area contributed by atoms with E-state index in [2.05, 4.69) is 15.1 Å². The maximum atomic E-state index is 12.4. The van der Waals surface area contributed by atoms with Gasteiger partial charge in [-0.05, 0) is 38.1 Å². The van der Waals surface area contributed by atoms with Crippen molar-refractivity contribution in [3.63, 3.8) is 0 Å². The standard InChI is InChI=1S/C13H16N4O2S/c1-9-7-8-11(10(2)15-9)17-20(18,19)13-6-4-3-5-12(13)16-14/h3-8,16-17H,14H2,1-2H3. The highest BCUT2D eigenvalue weighted by atomic mass is 32.2. The molecule has 0 aliphatic heterocycles. The Balaban J connectivity index is 2.41. The normalized spacial score (nSPS) is 11.2. The maximum absolute atomic E-state index is 12.4. The average molecular weight is 292 g/mol. The Morgan fingerprint density at radius 3 is 2.40 bits per heavy atom. The van der Waals surface area contributed by atoms with Gasteiger partial charge in [-0.25, -0.2) is 8.42 Å². The molecule has 2 rings (SSSR count). The van der Waals surface area contributed by atoms with Gasteiger partial charge in [0, 0.05) is 5.69 Å². The van der Waals surface area contributed by atoms with Crippen molar-refractivity contribution in [2.45, 2.75) is 18.7 Å². The van der Waals surface area contributed by atoms with Crippen molar-refractivity contribution in [1.82, 2.24) is 4.98 Å². The fraction of sp³-hybridized carbons (Fsp3) is 0.154. The molecule has 0 amide bonds. The minimum absolute atomic E-state index is 0.0856. The molecular weight excluding hydrogens is 276 g/mol. The van der Waals surface area contributed by atoms with E-state index >= 15 is 0 Å². The second-order valence-corrected chi connectivity index (χ2v) is 5.98. The lowest BCUT2D eigenvalue weighted by Gasteiger charge is -2.13. The molecule has 0 aliphatic rings. The Bertz CT molecular complexity index is 729. The van der Waals surface area contributed by atoms with Gasteiger partial charge in [0.15, 0.2) is 0 Å². The summed E-state index contributed by atoms with van der Waals surface area (Å²) in [6.45, 7) is 3.59. The van der Waals surface area contributed by atoms with E-state index in [0.29, 0.717) is 17.1 Å². The Labute approximate surface area is 118 Å². The fourth-order valence-electron chi connectivity index (χ4n) is 1.81. The van der Waals surface area contributed by atoms with Gasteiger partial charge < -0.3 is 5.43 Å². The molecular formula is C13H16N4O2S. The number of nitrogens with one attached hydrogen (secondary N) is 2. The zero-order valence-electron chi connectivity index (χ0n) is 11.2. The number of pyridine rings is 1. The average Bonchev–Trinajstić information content (AvgIpc) is 2.42. The highest BCUT2D eigenvalue weighted by Crippen LogP contribution is 2.23. The lowest BCUT2D eigenvalue weighted by molar-refractivity contribution is 0.601. The van der Waals surface area contributed by atoms with Crippen molar-refractivity contribution < 1.29 is 8.42 Å². The van der Waals surface area contributed by atoms with Crippen molar-refractivity contribution in [2.75, 3.05) is 10.1 Å². The maximum Gasteiger partial charge on any atom is 0.264 e. The predicted octanol–water partition coefficient (Wildman–Crippen LogP) is 1.78. The number of nitrogen functional groups attached to an aromatic ring is 1. The molecule has 0 atom stereocenters. The molecule has 6 nitrogen and oxygen atoms in total. The second-order valence-electron chi connectivity index (χ2n) is 4.33. The van der Waals surface area contributed by atoms with Crippen LogP contribution in [0.3, 0.4) is 0 Å². The van der Waals surface area contributed by atoms with E-state index in [9.17, 15) is 8.42 Å². The molecule has 4 N–H and O–H groups in total. The zero-order chi connectivity index (χ0) is 14.8. The van der Waals surface area contributed by atoms with Gasteiger partial charge in [-0.1, -0.05) is 12.1 Å². The third-order valence-electron chi connectivity index (χ3n) is 2.80. The number of benzene rings is 1. The van der Waals surface area contributed by atoms with Gasteiger partial charge in [-0.15, -0.1) is 0 Å². The molecule has 1 aromatic carbocycles. The first-order valence-electron chi connectivity index (χ1n) is 5.97. The molecule has 1 aromatic heterocycles. The number of para-hydroxylation sites is 1. The first-order chi connectivity index (χ1) is 9.44. The quantitative estimate of drug-likeness (QED) is 0.589. The minimum atomic E-state index is -3.72. The summed E-state index contributed by atoms with van der Waals surface area (Å²) in [4.78, 5) is 4.31. The summed E-state index contributed by atoms with van der Waals surface area (Å²) in [5.41, 5.74) is 4.60.